The van der Waals surface area contributed by atoms with Gasteiger partial charge in [0.15, 0.2) is 5.25 Å². The molecule has 0 bridgehead atoms. The third-order valence-electron chi connectivity index (χ3n) is 1.95. The van der Waals surface area contributed by atoms with E-state index in [2.05, 4.69) is 4.72 Å². The van der Waals surface area contributed by atoms with E-state index in [1.54, 1.807) is 13.0 Å². The van der Waals surface area contributed by atoms with Crippen LogP contribution in [0.15, 0.2) is 18.2 Å². The first-order valence-corrected chi connectivity index (χ1v) is 6.08. The normalized spacial score (nSPS) is 12.9. The highest BCUT2D eigenvalue weighted by Gasteiger charge is 2.20. The van der Waals surface area contributed by atoms with Gasteiger partial charge in [0.25, 0.3) is 0 Å². The highest BCUT2D eigenvalue weighted by molar-refractivity contribution is 7.93. The van der Waals surface area contributed by atoms with Crippen LogP contribution >= 0.6 is 0 Å². The molecule has 4 nitrogen and oxygen atoms in total. The Hall–Kier alpha value is -1.61. The average molecular weight is 242 g/mol. The van der Waals surface area contributed by atoms with Crippen molar-refractivity contribution in [3.8, 4) is 6.07 Å². The Bertz CT molecular complexity index is 514. The van der Waals surface area contributed by atoms with Gasteiger partial charge in [-0.05, 0) is 37.6 Å². The summed E-state index contributed by atoms with van der Waals surface area (Å²) >= 11 is 0. The van der Waals surface area contributed by atoms with Crippen LogP contribution in [0.3, 0.4) is 0 Å². The maximum Gasteiger partial charge on any atom is 0.248 e. The molecule has 16 heavy (non-hydrogen) atoms. The lowest BCUT2D eigenvalue weighted by molar-refractivity contribution is 0.597. The minimum absolute atomic E-state index is 0.125. The van der Waals surface area contributed by atoms with E-state index in [1.165, 1.54) is 19.1 Å². The minimum atomic E-state index is -3.77. The third-order valence-corrected chi connectivity index (χ3v) is 3.51. The summed E-state index contributed by atoms with van der Waals surface area (Å²) in [5.74, 6) is -0.526. The highest BCUT2D eigenvalue weighted by Crippen LogP contribution is 2.16. The summed E-state index contributed by atoms with van der Waals surface area (Å²) < 4.78 is 38.1. The van der Waals surface area contributed by atoms with Gasteiger partial charge in [0.05, 0.1) is 11.8 Å². The van der Waals surface area contributed by atoms with Crippen molar-refractivity contribution in [1.82, 2.24) is 0 Å². The number of rotatable bonds is 3. The fraction of sp³-hybridized carbons (Fsp3) is 0.300. The Labute approximate surface area is 93.8 Å². The zero-order valence-electron chi connectivity index (χ0n) is 8.86. The lowest BCUT2D eigenvalue weighted by Gasteiger charge is -2.09. The number of nitrogens with zero attached hydrogens (tertiary/aromatic N) is 1. The van der Waals surface area contributed by atoms with Crippen molar-refractivity contribution in [1.29, 1.82) is 5.26 Å². The maximum absolute atomic E-state index is 13.0. The number of anilines is 1. The van der Waals surface area contributed by atoms with Crippen molar-refractivity contribution in [2.24, 2.45) is 0 Å². The molecule has 0 saturated heterocycles. The van der Waals surface area contributed by atoms with Crippen LogP contribution in [0.2, 0.25) is 0 Å². The van der Waals surface area contributed by atoms with Gasteiger partial charge >= 0.3 is 0 Å². The first kappa shape index (κ1) is 12.5. The van der Waals surface area contributed by atoms with Gasteiger partial charge in [-0.2, -0.15) is 5.26 Å². The number of halogens is 1. The van der Waals surface area contributed by atoms with E-state index in [4.69, 9.17) is 5.26 Å². The van der Waals surface area contributed by atoms with Gasteiger partial charge in [0.2, 0.25) is 10.0 Å². The molecule has 0 aromatic heterocycles. The van der Waals surface area contributed by atoms with Gasteiger partial charge in [-0.15, -0.1) is 0 Å². The number of aryl methyl sites for hydroxylation is 1. The summed E-state index contributed by atoms with van der Waals surface area (Å²) in [4.78, 5) is 0. The Kier molecular flexibility index (Phi) is 3.50. The zero-order chi connectivity index (χ0) is 12.3. The Morgan fingerprint density at radius 1 is 1.44 bits per heavy atom. The molecule has 6 heteroatoms. The number of sulfonamides is 1. The number of hydrogen-bond donors (Lipinski definition) is 1. The number of nitriles is 1. The average Bonchev–Trinajstić information content (AvgIpc) is 2.13. The summed E-state index contributed by atoms with van der Waals surface area (Å²) in [6.07, 6.45) is 0. The molecule has 0 aliphatic heterocycles. The number of benzene rings is 1. The predicted molar refractivity (Wildman–Crippen MR) is 58.8 cm³/mol. The van der Waals surface area contributed by atoms with Crippen LogP contribution in [-0.2, 0) is 10.0 Å². The molecule has 1 aromatic carbocycles. The van der Waals surface area contributed by atoms with Crippen LogP contribution in [0.5, 0.6) is 0 Å². The third kappa shape index (κ3) is 2.94. The topological polar surface area (TPSA) is 70.0 Å². The molecule has 0 heterocycles. The van der Waals surface area contributed by atoms with Crippen molar-refractivity contribution in [3.63, 3.8) is 0 Å². The standard InChI is InChI=1S/C10H11FN2O2S/c1-7-3-9(11)5-10(4-7)13-16(14,15)8(2)6-12/h3-5,8,13H,1-2H3. The molecular weight excluding hydrogens is 231 g/mol. The van der Waals surface area contributed by atoms with Crippen molar-refractivity contribution >= 4 is 15.7 Å². The van der Waals surface area contributed by atoms with Crippen LogP contribution in [0.1, 0.15) is 12.5 Å². The minimum Gasteiger partial charge on any atom is -0.282 e. The van der Waals surface area contributed by atoms with Crippen LogP contribution < -0.4 is 4.72 Å². The van der Waals surface area contributed by atoms with Gasteiger partial charge in [0, 0.05) is 0 Å². The molecule has 0 radical (unpaired) electrons. The molecule has 86 valence electrons. The predicted octanol–water partition coefficient (Wildman–Crippen LogP) is 1.79. The summed E-state index contributed by atoms with van der Waals surface area (Å²) in [5, 5.41) is 7.33. The summed E-state index contributed by atoms with van der Waals surface area (Å²) in [6.45, 7) is 2.91. The van der Waals surface area contributed by atoms with Crippen molar-refractivity contribution in [2.45, 2.75) is 19.1 Å². The van der Waals surface area contributed by atoms with E-state index in [-0.39, 0.29) is 5.69 Å². The zero-order valence-corrected chi connectivity index (χ0v) is 9.68. The van der Waals surface area contributed by atoms with Crippen LogP contribution in [0.25, 0.3) is 0 Å². The molecule has 0 amide bonds. The fourth-order valence-corrected chi connectivity index (χ4v) is 1.88. The second-order valence-corrected chi connectivity index (χ2v) is 5.44. The Morgan fingerprint density at radius 3 is 2.56 bits per heavy atom. The highest BCUT2D eigenvalue weighted by atomic mass is 32.2. The summed E-state index contributed by atoms with van der Waals surface area (Å²) in [5.41, 5.74) is 0.724. The second kappa shape index (κ2) is 4.49. The van der Waals surface area contributed by atoms with Crippen molar-refractivity contribution < 1.29 is 12.8 Å². The SMILES string of the molecule is Cc1cc(F)cc(NS(=O)(=O)C(C)C#N)c1. The number of hydrogen-bond acceptors (Lipinski definition) is 3. The second-order valence-electron chi connectivity index (χ2n) is 3.44. The molecule has 0 spiro atoms. The monoisotopic (exact) mass is 242 g/mol. The summed E-state index contributed by atoms with van der Waals surface area (Å²) in [6, 6.07) is 5.45. The van der Waals surface area contributed by atoms with E-state index < -0.39 is 21.1 Å². The lowest BCUT2D eigenvalue weighted by Crippen LogP contribution is -2.23. The molecule has 1 rings (SSSR count). The maximum atomic E-state index is 13.0. The van der Waals surface area contributed by atoms with Crippen molar-refractivity contribution in [3.05, 3.63) is 29.6 Å². The number of nitrogens with one attached hydrogen (secondary N) is 1. The molecular formula is C10H11FN2O2S. The molecule has 0 aliphatic rings. The molecule has 1 N–H and O–H groups in total. The van der Waals surface area contributed by atoms with Crippen LogP contribution in [0.4, 0.5) is 10.1 Å². The van der Waals surface area contributed by atoms with Gasteiger partial charge in [-0.3, -0.25) is 4.72 Å². The van der Waals surface area contributed by atoms with Gasteiger partial charge < -0.3 is 0 Å². The van der Waals surface area contributed by atoms with E-state index in [0.717, 1.165) is 6.07 Å². The fourth-order valence-electron chi connectivity index (χ4n) is 1.12. The Morgan fingerprint density at radius 2 is 2.06 bits per heavy atom. The van der Waals surface area contributed by atoms with Crippen molar-refractivity contribution in [2.75, 3.05) is 4.72 Å². The lowest BCUT2D eigenvalue weighted by atomic mass is 10.2. The van der Waals surface area contributed by atoms with E-state index in [9.17, 15) is 12.8 Å². The van der Waals surface area contributed by atoms with Gasteiger partial charge in [0.1, 0.15) is 5.82 Å². The molecule has 0 saturated carbocycles. The smallest absolute Gasteiger partial charge is 0.248 e. The first-order chi connectivity index (χ1) is 7.35. The molecule has 1 atom stereocenters. The quantitative estimate of drug-likeness (QED) is 0.878. The van der Waals surface area contributed by atoms with Crippen LogP contribution in [0, 0.1) is 24.1 Å². The van der Waals surface area contributed by atoms with Gasteiger partial charge in [-0.1, -0.05) is 0 Å². The first-order valence-electron chi connectivity index (χ1n) is 4.53. The molecule has 0 fully saturated rings. The van der Waals surface area contributed by atoms with E-state index in [0.29, 0.717) is 5.56 Å². The largest absolute Gasteiger partial charge is 0.282 e. The van der Waals surface area contributed by atoms with E-state index >= 15 is 0 Å². The summed E-state index contributed by atoms with van der Waals surface area (Å²) in [7, 11) is -3.77. The van der Waals surface area contributed by atoms with E-state index in [1.807, 2.05) is 0 Å². The molecule has 1 unspecified atom stereocenters. The van der Waals surface area contributed by atoms with Crippen LogP contribution in [-0.4, -0.2) is 13.7 Å². The molecule has 0 aliphatic carbocycles. The Balaban J connectivity index is 3.02. The molecule has 1 aromatic rings. The van der Waals surface area contributed by atoms with Gasteiger partial charge in [-0.25, -0.2) is 12.8 Å².